The van der Waals surface area contributed by atoms with E-state index in [-0.39, 0.29) is 5.82 Å². The minimum absolute atomic E-state index is 0.278. The fourth-order valence-corrected chi connectivity index (χ4v) is 5.77. The highest BCUT2D eigenvalue weighted by molar-refractivity contribution is 7.15. The third-order valence-corrected chi connectivity index (χ3v) is 7.46. The van der Waals surface area contributed by atoms with Gasteiger partial charge in [0, 0.05) is 24.2 Å². The van der Waals surface area contributed by atoms with Gasteiger partial charge in [-0.1, -0.05) is 12.8 Å². The highest BCUT2D eigenvalue weighted by Gasteiger charge is 2.31. The molecule has 0 amide bonds. The summed E-state index contributed by atoms with van der Waals surface area (Å²) >= 11 is 1.55. The molecule has 32 heavy (non-hydrogen) atoms. The van der Waals surface area contributed by atoms with Gasteiger partial charge in [-0.2, -0.15) is 0 Å². The van der Waals surface area contributed by atoms with Crippen molar-refractivity contribution in [3.05, 3.63) is 47.4 Å². The van der Waals surface area contributed by atoms with Gasteiger partial charge in [-0.25, -0.2) is 19.3 Å². The van der Waals surface area contributed by atoms with Gasteiger partial charge >= 0.3 is 0 Å². The third-order valence-electron chi connectivity index (χ3n) is 6.38. The summed E-state index contributed by atoms with van der Waals surface area (Å²) < 4.78 is 13.6. The van der Waals surface area contributed by atoms with Crippen LogP contribution >= 0.6 is 11.3 Å². The summed E-state index contributed by atoms with van der Waals surface area (Å²) in [5, 5.41) is 18.7. The Morgan fingerprint density at radius 2 is 1.84 bits per heavy atom. The summed E-state index contributed by atoms with van der Waals surface area (Å²) in [6, 6.07) is 8.71. The number of piperidine rings is 1. The summed E-state index contributed by atoms with van der Waals surface area (Å²) in [5.74, 6) is 0.353. The molecule has 1 aliphatic heterocycles. The molecule has 3 heterocycles. The van der Waals surface area contributed by atoms with Crippen LogP contribution in [0.1, 0.15) is 43.5 Å². The Labute approximate surface area is 191 Å². The van der Waals surface area contributed by atoms with Crippen LogP contribution in [0.4, 0.5) is 10.3 Å². The SMILES string of the molecule is OC1(Cc2nc(-c3ccc(F)cc3)c(-c3ccnc(NC4CCCC4)n3)s2)CCNCC1. The number of hydrogen-bond acceptors (Lipinski definition) is 7. The molecule has 168 valence electrons. The molecule has 1 aliphatic carbocycles. The summed E-state index contributed by atoms with van der Waals surface area (Å²) in [6.07, 6.45) is 8.46. The van der Waals surface area contributed by atoms with Crippen LogP contribution in [0.3, 0.4) is 0 Å². The Balaban J connectivity index is 1.49. The zero-order valence-electron chi connectivity index (χ0n) is 18.0. The number of nitrogens with one attached hydrogen (secondary N) is 2. The number of halogens is 1. The second-order valence-electron chi connectivity index (χ2n) is 8.83. The number of nitrogens with zero attached hydrogens (tertiary/aromatic N) is 3. The molecule has 2 fully saturated rings. The number of aromatic nitrogens is 3. The molecule has 0 atom stereocenters. The Morgan fingerprint density at radius 1 is 1.09 bits per heavy atom. The van der Waals surface area contributed by atoms with Crippen molar-refractivity contribution in [2.24, 2.45) is 0 Å². The van der Waals surface area contributed by atoms with Crippen LogP contribution in [0.15, 0.2) is 36.5 Å². The van der Waals surface area contributed by atoms with Gasteiger partial charge in [-0.3, -0.25) is 0 Å². The van der Waals surface area contributed by atoms with Crippen molar-refractivity contribution in [3.63, 3.8) is 0 Å². The van der Waals surface area contributed by atoms with E-state index in [1.54, 1.807) is 29.7 Å². The second-order valence-corrected chi connectivity index (χ2v) is 9.92. The van der Waals surface area contributed by atoms with E-state index in [4.69, 9.17) is 9.97 Å². The van der Waals surface area contributed by atoms with Crippen molar-refractivity contribution in [1.29, 1.82) is 0 Å². The van der Waals surface area contributed by atoms with Gasteiger partial charge in [0.25, 0.3) is 0 Å². The number of rotatable bonds is 6. The van der Waals surface area contributed by atoms with E-state index in [1.807, 2.05) is 6.07 Å². The lowest BCUT2D eigenvalue weighted by Gasteiger charge is -2.31. The van der Waals surface area contributed by atoms with Gasteiger partial charge in [0.1, 0.15) is 5.82 Å². The maximum atomic E-state index is 13.6. The smallest absolute Gasteiger partial charge is 0.223 e. The average Bonchev–Trinajstić information content (AvgIpc) is 3.45. The monoisotopic (exact) mass is 453 g/mol. The van der Waals surface area contributed by atoms with E-state index in [0.29, 0.717) is 31.3 Å². The quantitative estimate of drug-likeness (QED) is 0.513. The molecule has 8 heteroatoms. The van der Waals surface area contributed by atoms with Crippen molar-refractivity contribution < 1.29 is 9.50 Å². The molecule has 1 aromatic carbocycles. The van der Waals surface area contributed by atoms with Gasteiger partial charge < -0.3 is 15.7 Å². The zero-order chi connectivity index (χ0) is 22.0. The Morgan fingerprint density at radius 3 is 2.59 bits per heavy atom. The number of anilines is 1. The topological polar surface area (TPSA) is 83.0 Å². The molecule has 3 N–H and O–H groups in total. The first-order valence-electron chi connectivity index (χ1n) is 11.4. The molecule has 6 nitrogen and oxygen atoms in total. The molecule has 0 unspecified atom stereocenters. The van der Waals surface area contributed by atoms with E-state index < -0.39 is 5.60 Å². The molecule has 1 saturated heterocycles. The van der Waals surface area contributed by atoms with Gasteiger partial charge in [-0.05, 0) is 69.1 Å². The van der Waals surface area contributed by atoms with Crippen molar-refractivity contribution in [2.45, 2.75) is 56.6 Å². The summed E-state index contributed by atoms with van der Waals surface area (Å²) in [5.41, 5.74) is 1.65. The highest BCUT2D eigenvalue weighted by Crippen LogP contribution is 2.38. The number of hydrogen-bond donors (Lipinski definition) is 3. The van der Waals surface area contributed by atoms with Crippen LogP contribution in [0.2, 0.25) is 0 Å². The molecular formula is C24H28FN5OS. The van der Waals surface area contributed by atoms with Gasteiger partial charge in [0.2, 0.25) is 5.95 Å². The highest BCUT2D eigenvalue weighted by atomic mass is 32.1. The van der Waals surface area contributed by atoms with Crippen molar-refractivity contribution in [1.82, 2.24) is 20.3 Å². The number of aliphatic hydroxyl groups is 1. The lowest BCUT2D eigenvalue weighted by Crippen LogP contribution is -2.43. The number of benzene rings is 1. The van der Waals surface area contributed by atoms with Gasteiger partial charge in [0.15, 0.2) is 0 Å². The lowest BCUT2D eigenvalue weighted by molar-refractivity contribution is 0.0108. The third kappa shape index (κ3) is 4.82. The van der Waals surface area contributed by atoms with Crippen LogP contribution in [-0.4, -0.2) is 44.8 Å². The Hall–Kier alpha value is -2.42. The Bertz CT molecular complexity index is 1060. The summed E-state index contributed by atoms with van der Waals surface area (Å²) in [4.78, 5) is 15.0. The van der Waals surface area contributed by atoms with Crippen LogP contribution in [0.25, 0.3) is 21.8 Å². The van der Waals surface area contributed by atoms with E-state index in [9.17, 15) is 9.50 Å². The fraction of sp³-hybridized carbons (Fsp3) is 0.458. The minimum atomic E-state index is -0.749. The molecule has 0 spiro atoms. The molecule has 0 bridgehead atoms. The lowest BCUT2D eigenvalue weighted by atomic mass is 9.89. The predicted octanol–water partition coefficient (Wildman–Crippen LogP) is 4.42. The molecule has 3 aromatic rings. The van der Waals surface area contributed by atoms with E-state index in [1.165, 1.54) is 25.0 Å². The van der Waals surface area contributed by atoms with Crippen molar-refractivity contribution >= 4 is 17.3 Å². The maximum absolute atomic E-state index is 13.6. The molecule has 2 aliphatic rings. The molecule has 0 radical (unpaired) electrons. The predicted molar refractivity (Wildman–Crippen MR) is 125 cm³/mol. The second kappa shape index (κ2) is 9.21. The first-order valence-corrected chi connectivity index (χ1v) is 12.2. The molecule has 1 saturated carbocycles. The first-order chi connectivity index (χ1) is 15.6. The summed E-state index contributed by atoms with van der Waals surface area (Å²) in [7, 11) is 0. The standard InChI is InChI=1S/C24H28FN5OS/c25-17-7-5-16(6-8-17)21-22(32-20(30-21)15-24(31)10-13-26-14-11-24)19-9-12-27-23(29-19)28-18-3-1-2-4-18/h5-9,12,18,26,31H,1-4,10-11,13-15H2,(H,27,28,29). The average molecular weight is 454 g/mol. The van der Waals surface area contributed by atoms with Crippen LogP contribution in [0, 0.1) is 5.82 Å². The van der Waals surface area contributed by atoms with Crippen molar-refractivity contribution in [3.8, 4) is 21.8 Å². The summed E-state index contributed by atoms with van der Waals surface area (Å²) in [6.45, 7) is 1.61. The largest absolute Gasteiger partial charge is 0.389 e. The first kappa shape index (κ1) is 21.4. The normalized spacial score (nSPS) is 18.7. The molecule has 5 rings (SSSR count). The van der Waals surface area contributed by atoms with Crippen LogP contribution in [0.5, 0.6) is 0 Å². The van der Waals surface area contributed by atoms with Crippen molar-refractivity contribution in [2.75, 3.05) is 18.4 Å². The molecular weight excluding hydrogens is 425 g/mol. The fourth-order valence-electron chi connectivity index (χ4n) is 4.57. The maximum Gasteiger partial charge on any atom is 0.223 e. The van der Waals surface area contributed by atoms with E-state index in [2.05, 4.69) is 15.6 Å². The molecule has 2 aromatic heterocycles. The van der Waals surface area contributed by atoms with Gasteiger partial charge in [-0.15, -0.1) is 11.3 Å². The Kier molecular flexibility index (Phi) is 6.17. The van der Waals surface area contributed by atoms with E-state index >= 15 is 0 Å². The zero-order valence-corrected chi connectivity index (χ0v) is 18.8. The van der Waals surface area contributed by atoms with Crippen LogP contribution in [-0.2, 0) is 6.42 Å². The van der Waals surface area contributed by atoms with E-state index in [0.717, 1.165) is 52.8 Å². The number of thiazole rings is 1. The van der Waals surface area contributed by atoms with Crippen LogP contribution < -0.4 is 10.6 Å². The van der Waals surface area contributed by atoms with Gasteiger partial charge in [0.05, 0.1) is 26.9 Å². The minimum Gasteiger partial charge on any atom is -0.389 e.